The summed E-state index contributed by atoms with van der Waals surface area (Å²) in [4.78, 5) is 10.8. The molecular formula is C64H43N3. The van der Waals surface area contributed by atoms with E-state index >= 15 is 0 Å². The Morgan fingerprint density at radius 1 is 0.239 bits per heavy atom. The number of rotatable bonds is 9. The summed E-state index contributed by atoms with van der Waals surface area (Å²) in [6, 6.07) is 93.1. The fraction of sp³-hybridized carbons (Fsp3) is 0. The molecule has 0 bridgehead atoms. The van der Waals surface area contributed by atoms with Crippen LogP contribution in [0.15, 0.2) is 261 Å². The maximum atomic E-state index is 5.45. The van der Waals surface area contributed by atoms with Crippen molar-refractivity contribution in [3.63, 3.8) is 0 Å². The van der Waals surface area contributed by atoms with Crippen LogP contribution >= 0.6 is 0 Å². The third kappa shape index (κ3) is 7.59. The van der Waals surface area contributed by atoms with Gasteiger partial charge in [-0.05, 0) is 80.9 Å². The Balaban J connectivity index is 1.10. The summed E-state index contributed by atoms with van der Waals surface area (Å²) in [6.07, 6.45) is 0. The van der Waals surface area contributed by atoms with Gasteiger partial charge in [0.2, 0.25) is 0 Å². The largest absolute Gasteiger partial charge is 0.308 e. The average molecular weight is 854 g/mol. The van der Waals surface area contributed by atoms with Gasteiger partial charge in [0.25, 0.3) is 0 Å². The third-order valence-electron chi connectivity index (χ3n) is 12.8. The molecule has 0 saturated heterocycles. The normalized spacial score (nSPS) is 11.3. The lowest BCUT2D eigenvalue weighted by molar-refractivity contribution is 1.17. The molecule has 0 aliphatic carbocycles. The Bertz CT molecular complexity index is 3510. The third-order valence-corrected chi connectivity index (χ3v) is 12.8. The number of benzene rings is 10. The van der Waals surface area contributed by atoms with E-state index in [0.29, 0.717) is 5.82 Å². The van der Waals surface area contributed by atoms with Crippen molar-refractivity contribution in [1.29, 1.82) is 0 Å². The van der Waals surface area contributed by atoms with Crippen molar-refractivity contribution >= 4 is 21.8 Å². The van der Waals surface area contributed by atoms with Crippen molar-refractivity contribution in [1.82, 2.24) is 14.5 Å². The molecule has 0 amide bonds. The summed E-state index contributed by atoms with van der Waals surface area (Å²) >= 11 is 0. The number of fused-ring (bicyclic) bond motifs is 3. The van der Waals surface area contributed by atoms with E-state index in [1.165, 1.54) is 33.0 Å². The van der Waals surface area contributed by atoms with Crippen molar-refractivity contribution in [3.05, 3.63) is 261 Å². The lowest BCUT2D eigenvalue weighted by Gasteiger charge is -2.21. The minimum atomic E-state index is 0.669. The second-order valence-electron chi connectivity index (χ2n) is 17.0. The Hall–Kier alpha value is -8.92. The Labute approximate surface area is 390 Å². The maximum absolute atomic E-state index is 5.45. The highest BCUT2D eigenvalue weighted by Gasteiger charge is 2.23. The van der Waals surface area contributed by atoms with Gasteiger partial charge in [-0.3, -0.25) is 0 Å². The number of nitrogens with zero attached hydrogens (tertiary/aromatic N) is 3. The highest BCUT2D eigenvalue weighted by atomic mass is 15.0. The first-order valence-electron chi connectivity index (χ1n) is 22.8. The predicted octanol–water partition coefficient (Wildman–Crippen LogP) is 16.9. The van der Waals surface area contributed by atoms with Crippen LogP contribution in [0.5, 0.6) is 0 Å². The quantitative estimate of drug-likeness (QED) is 0.145. The first kappa shape index (κ1) is 39.7. The van der Waals surface area contributed by atoms with Gasteiger partial charge in [0.1, 0.15) is 0 Å². The summed E-state index contributed by atoms with van der Waals surface area (Å²) in [5, 5.41) is 2.42. The first-order valence-corrected chi connectivity index (χ1v) is 22.8. The van der Waals surface area contributed by atoms with E-state index in [1.54, 1.807) is 0 Å². The van der Waals surface area contributed by atoms with Crippen LogP contribution in [-0.2, 0) is 0 Å². The van der Waals surface area contributed by atoms with Gasteiger partial charge < -0.3 is 4.57 Å². The number of aromatic nitrogens is 3. The molecule has 0 radical (unpaired) electrons. The molecular weight excluding hydrogens is 811 g/mol. The van der Waals surface area contributed by atoms with E-state index < -0.39 is 0 Å². The van der Waals surface area contributed by atoms with Gasteiger partial charge in [-0.1, -0.05) is 224 Å². The van der Waals surface area contributed by atoms with E-state index in [1.807, 2.05) is 0 Å². The molecule has 3 heteroatoms. The molecule has 0 unspecified atom stereocenters. The van der Waals surface area contributed by atoms with Crippen LogP contribution in [0.3, 0.4) is 0 Å². The predicted molar refractivity (Wildman–Crippen MR) is 280 cm³/mol. The molecule has 0 atom stereocenters. The average Bonchev–Trinajstić information content (AvgIpc) is 3.75. The molecule has 12 aromatic rings. The minimum absolute atomic E-state index is 0.669. The molecule has 0 saturated carbocycles. The maximum Gasteiger partial charge on any atom is 0.160 e. The molecule has 0 N–H and O–H groups in total. The molecule has 0 spiro atoms. The molecule has 67 heavy (non-hydrogen) atoms. The van der Waals surface area contributed by atoms with Crippen LogP contribution in [0, 0.1) is 0 Å². The van der Waals surface area contributed by atoms with Gasteiger partial charge in [-0.2, -0.15) is 0 Å². The molecule has 3 nitrogen and oxygen atoms in total. The Morgan fingerprint density at radius 3 is 1.13 bits per heavy atom. The molecule has 314 valence electrons. The summed E-state index contributed by atoms with van der Waals surface area (Å²) in [6.45, 7) is 0. The first-order chi connectivity index (χ1) is 33.2. The Kier molecular flexibility index (Phi) is 10.2. The molecule has 2 heterocycles. The lowest BCUT2D eigenvalue weighted by Crippen LogP contribution is -2.03. The Morgan fingerprint density at radius 2 is 0.612 bits per heavy atom. The monoisotopic (exact) mass is 853 g/mol. The van der Waals surface area contributed by atoms with Crippen LogP contribution in [-0.4, -0.2) is 14.5 Å². The zero-order valence-electron chi connectivity index (χ0n) is 36.7. The SMILES string of the molecule is c1ccc(-c2ccc(-c3cc(-c4cc(-c5ccccc5)c(-n5c6ccccc6c6cc(-c7ccccc7)ccc65)c(-c5ccccc5)c4)nc(-c4ccc(-c5ccccc5)cc4)n3)cc2)cc1. The van der Waals surface area contributed by atoms with Crippen LogP contribution in [0.1, 0.15) is 0 Å². The lowest BCUT2D eigenvalue weighted by atomic mass is 9.91. The molecule has 12 rings (SSSR count). The number of para-hydroxylation sites is 1. The highest BCUT2D eigenvalue weighted by Crippen LogP contribution is 2.45. The van der Waals surface area contributed by atoms with Crippen molar-refractivity contribution in [3.8, 4) is 95.2 Å². The second-order valence-corrected chi connectivity index (χ2v) is 17.0. The summed E-state index contributed by atoms with van der Waals surface area (Å²) in [7, 11) is 0. The van der Waals surface area contributed by atoms with Crippen LogP contribution in [0.2, 0.25) is 0 Å². The zero-order valence-corrected chi connectivity index (χ0v) is 36.7. The van der Waals surface area contributed by atoms with Crippen LogP contribution < -0.4 is 0 Å². The van der Waals surface area contributed by atoms with E-state index in [9.17, 15) is 0 Å². The van der Waals surface area contributed by atoms with Gasteiger partial charge in [-0.15, -0.1) is 0 Å². The van der Waals surface area contributed by atoms with E-state index in [2.05, 4.69) is 265 Å². The van der Waals surface area contributed by atoms with E-state index in [0.717, 1.165) is 78.2 Å². The van der Waals surface area contributed by atoms with E-state index in [-0.39, 0.29) is 0 Å². The van der Waals surface area contributed by atoms with Gasteiger partial charge >= 0.3 is 0 Å². The summed E-state index contributed by atoms with van der Waals surface area (Å²) in [5.74, 6) is 0.669. The van der Waals surface area contributed by atoms with Crippen LogP contribution in [0.4, 0.5) is 0 Å². The van der Waals surface area contributed by atoms with Crippen molar-refractivity contribution in [2.75, 3.05) is 0 Å². The standard InChI is InChI=1S/C64H43N3/c1-6-18-44(19-7-1)47-30-34-51(35-31-47)59-43-60(66-64(65-59)52-36-32-48(33-37-52)45-20-8-2-9-21-45)54-41-56(49-24-12-4-13-25-49)63(57(42-54)50-26-14-5-15-27-50)67-61-29-17-16-28-55(61)58-40-53(38-39-62(58)67)46-22-10-3-11-23-46/h1-43H. The van der Waals surface area contributed by atoms with Gasteiger partial charge in [-0.25, -0.2) is 9.97 Å². The topological polar surface area (TPSA) is 30.7 Å². The highest BCUT2D eigenvalue weighted by molar-refractivity contribution is 6.12. The number of hydrogen-bond donors (Lipinski definition) is 0. The molecule has 2 aromatic heterocycles. The second kappa shape index (κ2) is 17.2. The van der Waals surface area contributed by atoms with Gasteiger partial charge in [0, 0.05) is 38.6 Å². The van der Waals surface area contributed by atoms with Gasteiger partial charge in [0.15, 0.2) is 5.82 Å². The smallest absolute Gasteiger partial charge is 0.160 e. The number of hydrogen-bond acceptors (Lipinski definition) is 2. The minimum Gasteiger partial charge on any atom is -0.308 e. The molecule has 0 aliphatic heterocycles. The fourth-order valence-corrected chi connectivity index (χ4v) is 9.50. The van der Waals surface area contributed by atoms with Crippen molar-refractivity contribution in [2.24, 2.45) is 0 Å². The van der Waals surface area contributed by atoms with Gasteiger partial charge in [0.05, 0.1) is 28.1 Å². The fourth-order valence-electron chi connectivity index (χ4n) is 9.50. The summed E-state index contributed by atoms with van der Waals surface area (Å²) < 4.78 is 2.48. The molecule has 10 aromatic carbocycles. The molecule has 0 fully saturated rings. The van der Waals surface area contributed by atoms with Crippen molar-refractivity contribution < 1.29 is 0 Å². The van der Waals surface area contributed by atoms with Crippen LogP contribution in [0.25, 0.3) is 117 Å². The van der Waals surface area contributed by atoms with Crippen molar-refractivity contribution in [2.45, 2.75) is 0 Å². The summed E-state index contributed by atoms with van der Waals surface area (Å²) in [5.41, 5.74) is 19.6. The zero-order chi connectivity index (χ0) is 44.5. The molecule has 0 aliphatic rings. The van der Waals surface area contributed by atoms with E-state index in [4.69, 9.17) is 9.97 Å².